The Balaban J connectivity index is 0.908. The Hall–Kier alpha value is -11.3. The van der Waals surface area contributed by atoms with E-state index in [1.807, 2.05) is 0 Å². The summed E-state index contributed by atoms with van der Waals surface area (Å²) in [4.78, 5) is 81.4. The van der Waals surface area contributed by atoms with E-state index in [9.17, 15) is 107 Å². The quantitative estimate of drug-likeness (QED) is 0.0295. The van der Waals surface area contributed by atoms with Crippen LogP contribution < -0.4 is 32.5 Å². The lowest BCUT2D eigenvalue weighted by Gasteiger charge is -2.12. The number of nitrogens with one attached hydrogen (secondary N) is 4. The van der Waals surface area contributed by atoms with Crippen LogP contribution in [0.25, 0.3) is 12.2 Å². The zero-order chi connectivity index (χ0) is 74.3. The number of carbonyl (C=O) groups excluding carboxylic acids is 2. The second-order valence-electron chi connectivity index (χ2n) is 20.1. The zero-order valence-corrected chi connectivity index (χ0v) is 55.8. The number of halogens is 2. The van der Waals surface area contributed by atoms with E-state index in [1.165, 1.54) is 12.1 Å². The van der Waals surface area contributed by atoms with Crippen LogP contribution in [0.3, 0.4) is 0 Å². The van der Waals surface area contributed by atoms with Crippen LogP contribution >= 0.6 is 23.2 Å². The summed E-state index contributed by atoms with van der Waals surface area (Å²) in [6, 6.07) is 15.1. The Morgan fingerprint density at radius 3 is 1.06 bits per heavy atom. The normalized spacial score (nSPS) is 16.5. The maximum atomic E-state index is 13.4. The van der Waals surface area contributed by atoms with Gasteiger partial charge in [-0.25, -0.2) is 29.6 Å². The molecule has 8 aromatic rings. The monoisotopic (exact) mass is 1560 g/mol. The summed E-state index contributed by atoms with van der Waals surface area (Å²) in [5.74, 6) is -5.92. The molecule has 528 valence electrons. The number of aromatic amines is 4. The van der Waals surface area contributed by atoms with Gasteiger partial charge in [0.05, 0.1) is 43.9 Å². The highest BCUT2D eigenvalue weighted by Crippen LogP contribution is 2.34. The summed E-state index contributed by atoms with van der Waals surface area (Å²) in [5, 5.41) is 42.1. The van der Waals surface area contributed by atoms with Crippen LogP contribution in [-0.2, 0) is 79.9 Å². The highest BCUT2D eigenvalue weighted by molar-refractivity contribution is 7.87. The number of rotatable bonds is 20. The van der Waals surface area contributed by atoms with Crippen LogP contribution in [-0.4, -0.2) is 165 Å². The average molecular weight is 1560 g/mol. The van der Waals surface area contributed by atoms with Crippen molar-refractivity contribution in [3.63, 3.8) is 0 Å². The van der Waals surface area contributed by atoms with Gasteiger partial charge in [0.15, 0.2) is 11.4 Å². The first-order chi connectivity index (χ1) is 47.6. The molecule has 2 aliphatic heterocycles. The molecule has 2 amide bonds. The summed E-state index contributed by atoms with van der Waals surface area (Å²) in [6.07, 6.45) is 2.06. The van der Waals surface area contributed by atoms with Crippen molar-refractivity contribution in [3.05, 3.63) is 165 Å². The first-order valence-corrected chi connectivity index (χ1v) is 36.3. The summed E-state index contributed by atoms with van der Waals surface area (Å²) < 4.78 is 206. The fraction of sp³-hybridized carbons (Fsp3) is 0.0385. The number of benzene rings is 6. The SMILES string of the molecule is O=C(O)C1=NN(c2ccc(S(=O)(=O)O)cc2)C(=O)C1N=Nc1cc(N=c2nc(Cl)[nH]c(=Nc3ccc(/C=C/c4ccc(N=c5[nH]c(Cl)nc(=Nc6ccc(S(=O)(=O)O)c(N=NC7C(=O)N(c8ccc(S(=O)(=O)O)cc8)N=C7C(=O)O)c6)[nH]5)cc4S(=O)(=O)O)c(S(=O)(=O)O)c3)[nH]2)ccc1S(=O)(=O)O. The molecule has 0 aliphatic carbocycles. The van der Waals surface area contributed by atoms with Crippen LogP contribution in [0.5, 0.6) is 0 Å². The highest BCUT2D eigenvalue weighted by atomic mass is 35.5. The molecule has 0 bridgehead atoms. The number of aromatic nitrogens is 6. The standard InChI is InChI=1S/C52H36Cl2N18O24S6/c53-47-59-49(55-25-7-17-35(99(85,86)87)33(19-25)65-67-39-41(45(75)76)69-71(43(39)73)29-9-13-31(14-10-29)97(79,80)81)63-51(61-47)57-27-5-3-23(37(21-27)101(91,92)93)1-2-24-4-6-28(22-38(24)102(94,95)96)58-52-62-48(54)60-50(64-52)56-26-8-18-36(100(88,89)90)34(20-26)66-68-40-42(46(77)78)70-72(44(40)74)30-11-15-32(16-12-30)98(82,83)84/h1-22,39-40H,(H,75,76)(H,77,78)(H,79,80,81)(H,82,83,84)(H,85,86,87)(H,88,89,90)(H,91,92,93)(H,94,95,96)(H2,55,57,59,61,63)(H2,56,58,60,62,64)/b2-1+,67-65?,68-66?. The van der Waals surface area contributed by atoms with E-state index in [0.29, 0.717) is 10.0 Å². The van der Waals surface area contributed by atoms with E-state index in [-0.39, 0.29) is 56.5 Å². The third-order valence-corrected chi connectivity index (χ3v) is 19.0. The van der Waals surface area contributed by atoms with Gasteiger partial charge >= 0.3 is 11.9 Å². The number of anilines is 2. The number of hydrazone groups is 2. The van der Waals surface area contributed by atoms with Gasteiger partial charge in [0.1, 0.15) is 31.0 Å². The summed E-state index contributed by atoms with van der Waals surface area (Å²) in [7, 11) is -30.0. The Labute approximate surface area is 577 Å². The highest BCUT2D eigenvalue weighted by Gasteiger charge is 2.43. The molecule has 0 saturated carbocycles. The summed E-state index contributed by atoms with van der Waals surface area (Å²) in [5.41, 5.74) is -6.70. The van der Waals surface area contributed by atoms with Crippen molar-refractivity contribution >= 4 is 177 Å². The van der Waals surface area contributed by atoms with Gasteiger partial charge < -0.3 is 20.2 Å². The van der Waals surface area contributed by atoms with Crippen LogP contribution in [0.4, 0.5) is 45.5 Å². The Kier molecular flexibility index (Phi) is 20.2. The van der Waals surface area contributed by atoms with Crippen LogP contribution in [0.1, 0.15) is 11.1 Å². The van der Waals surface area contributed by atoms with Crippen molar-refractivity contribution in [1.29, 1.82) is 0 Å². The second kappa shape index (κ2) is 28.0. The summed E-state index contributed by atoms with van der Waals surface area (Å²) >= 11 is 12.5. The third-order valence-electron chi connectivity index (χ3n) is 13.3. The molecule has 0 fully saturated rings. The van der Waals surface area contributed by atoms with Gasteiger partial charge in [0.25, 0.3) is 72.5 Å². The molecule has 6 aromatic carbocycles. The largest absolute Gasteiger partial charge is 0.477 e. The van der Waals surface area contributed by atoms with Crippen LogP contribution in [0, 0.1) is 0 Å². The zero-order valence-electron chi connectivity index (χ0n) is 49.4. The lowest BCUT2D eigenvalue weighted by molar-refractivity contribution is -0.130. The van der Waals surface area contributed by atoms with E-state index in [0.717, 1.165) is 121 Å². The number of nitrogens with zero attached hydrogens (tertiary/aromatic N) is 14. The van der Waals surface area contributed by atoms with Crippen LogP contribution in [0.15, 0.2) is 201 Å². The van der Waals surface area contributed by atoms with E-state index in [1.54, 1.807) is 0 Å². The smallest absolute Gasteiger partial charge is 0.355 e. The van der Waals surface area contributed by atoms with Gasteiger partial charge in [0, 0.05) is 0 Å². The average Bonchev–Trinajstić information content (AvgIpc) is 1.54. The van der Waals surface area contributed by atoms with Crippen molar-refractivity contribution < 1.29 is 107 Å². The number of hydrogen-bond donors (Lipinski definition) is 12. The number of carboxylic acids is 2. The number of carboxylic acid groups (broad SMARTS) is 2. The van der Waals surface area contributed by atoms with Gasteiger partial charge in [-0.2, -0.15) is 101 Å². The number of azo groups is 2. The fourth-order valence-corrected chi connectivity index (χ4v) is 12.8. The van der Waals surface area contributed by atoms with Crippen molar-refractivity contribution in [2.24, 2.45) is 50.6 Å². The van der Waals surface area contributed by atoms with E-state index >= 15 is 0 Å². The van der Waals surface area contributed by atoms with Crippen molar-refractivity contribution in [1.82, 2.24) is 29.9 Å². The minimum Gasteiger partial charge on any atom is -0.477 e. The predicted octanol–water partition coefficient (Wildman–Crippen LogP) is 3.56. The molecule has 2 aromatic heterocycles. The molecule has 2 atom stereocenters. The Morgan fingerprint density at radius 1 is 0.422 bits per heavy atom. The van der Waals surface area contributed by atoms with Gasteiger partial charge in [-0.1, -0.05) is 24.3 Å². The minimum absolute atomic E-state index is 0.186. The lowest BCUT2D eigenvalue weighted by Crippen LogP contribution is -2.33. The summed E-state index contributed by atoms with van der Waals surface area (Å²) in [6.45, 7) is 0. The minimum atomic E-state index is -5.17. The molecule has 102 heavy (non-hydrogen) atoms. The molecule has 42 nitrogen and oxygen atoms in total. The van der Waals surface area contributed by atoms with Gasteiger partial charge in [0.2, 0.25) is 45.1 Å². The molecular weight excluding hydrogens is 1520 g/mol. The molecular formula is C52H36Cl2N18O24S6. The first kappa shape index (κ1) is 73.5. The molecule has 0 saturated heterocycles. The molecule has 2 unspecified atom stereocenters. The molecule has 12 N–H and O–H groups in total. The Morgan fingerprint density at radius 2 is 0.745 bits per heavy atom. The maximum Gasteiger partial charge on any atom is 0.355 e. The number of carbonyl (C=O) groups is 4. The second-order valence-corrected chi connectivity index (χ2v) is 29.3. The maximum absolute atomic E-state index is 13.4. The number of amides is 2. The number of H-pyrrole nitrogens is 4. The molecule has 0 spiro atoms. The van der Waals surface area contributed by atoms with Crippen LogP contribution in [0.2, 0.25) is 10.6 Å². The first-order valence-electron chi connectivity index (χ1n) is 26.9. The van der Waals surface area contributed by atoms with Gasteiger partial charge in [-0.15, -0.1) is 0 Å². The number of aliphatic carboxylic acids is 2. The lowest BCUT2D eigenvalue weighted by atomic mass is 10.1. The van der Waals surface area contributed by atoms with E-state index in [4.69, 9.17) is 23.2 Å². The number of hydrogen-bond acceptors (Lipinski definition) is 28. The molecule has 2 aliphatic rings. The molecule has 4 heterocycles. The topological polar surface area (TPSA) is 654 Å². The van der Waals surface area contributed by atoms with Gasteiger partial charge in [-0.05, 0) is 144 Å². The van der Waals surface area contributed by atoms with Crippen molar-refractivity contribution in [3.8, 4) is 0 Å². The Bertz CT molecular complexity index is 5770. The molecule has 0 radical (unpaired) electrons. The van der Waals surface area contributed by atoms with Crippen molar-refractivity contribution in [2.45, 2.75) is 41.5 Å². The van der Waals surface area contributed by atoms with E-state index in [2.05, 4.69) is 80.5 Å². The fourth-order valence-electron chi connectivity index (χ4n) is 8.86. The molecule has 50 heteroatoms. The van der Waals surface area contributed by atoms with E-state index < -0.39 is 171 Å². The molecule has 10 rings (SSSR count). The van der Waals surface area contributed by atoms with Crippen molar-refractivity contribution in [2.75, 3.05) is 10.0 Å². The van der Waals surface area contributed by atoms with Gasteiger partial charge in [-0.3, -0.25) is 46.9 Å². The predicted molar refractivity (Wildman–Crippen MR) is 345 cm³/mol. The third kappa shape index (κ3) is 17.1.